The minimum Gasteiger partial charge on any atom is -0.317 e. The number of nitrogens with zero attached hydrogens (tertiary/aromatic N) is 1. The van der Waals surface area contributed by atoms with Crippen LogP contribution in [-0.4, -0.2) is 20.4 Å². The Kier molecular flexibility index (Phi) is 5.03. The Morgan fingerprint density at radius 1 is 1.00 bits per heavy atom. The second-order valence-electron chi connectivity index (χ2n) is 7.06. The SMILES string of the molecule is CC1Cc2ccccc2N1S(=O)(=O)c1cccc(C(=O)Nc2c(F)cccc2F)c1. The highest BCUT2D eigenvalue weighted by atomic mass is 32.2. The van der Waals surface area contributed by atoms with Crippen molar-refractivity contribution in [3.8, 4) is 0 Å². The monoisotopic (exact) mass is 428 g/mol. The topological polar surface area (TPSA) is 66.5 Å². The lowest BCUT2D eigenvalue weighted by Gasteiger charge is -2.24. The summed E-state index contributed by atoms with van der Waals surface area (Å²) in [5.41, 5.74) is 0.919. The molecule has 0 aromatic heterocycles. The maximum Gasteiger partial charge on any atom is 0.264 e. The molecule has 1 heterocycles. The van der Waals surface area contributed by atoms with Crippen molar-refractivity contribution < 1.29 is 22.0 Å². The molecule has 1 unspecified atom stereocenters. The van der Waals surface area contributed by atoms with Crippen LogP contribution < -0.4 is 9.62 Å². The van der Waals surface area contributed by atoms with Crippen LogP contribution in [0, 0.1) is 11.6 Å². The maximum absolute atomic E-state index is 13.8. The summed E-state index contributed by atoms with van der Waals surface area (Å²) in [5, 5.41) is 2.17. The molecule has 3 aromatic rings. The zero-order valence-corrected chi connectivity index (χ0v) is 16.8. The Hall–Kier alpha value is -3.26. The van der Waals surface area contributed by atoms with Gasteiger partial charge in [-0.1, -0.05) is 30.3 Å². The Bertz CT molecular complexity index is 1220. The molecule has 0 fully saturated rings. The van der Waals surface area contributed by atoms with Crippen molar-refractivity contribution >= 4 is 27.3 Å². The molecule has 8 heteroatoms. The van der Waals surface area contributed by atoms with Gasteiger partial charge in [0.25, 0.3) is 15.9 Å². The summed E-state index contributed by atoms with van der Waals surface area (Å²) in [5.74, 6) is -2.66. The molecule has 1 aliphatic heterocycles. The van der Waals surface area contributed by atoms with Gasteiger partial charge in [-0.15, -0.1) is 0 Å². The normalized spacial score (nSPS) is 15.7. The third-order valence-electron chi connectivity index (χ3n) is 5.00. The summed E-state index contributed by atoms with van der Waals surface area (Å²) >= 11 is 0. The van der Waals surface area contributed by atoms with Crippen LogP contribution in [0.15, 0.2) is 71.6 Å². The van der Waals surface area contributed by atoms with E-state index in [4.69, 9.17) is 0 Å². The third-order valence-corrected chi connectivity index (χ3v) is 6.92. The van der Waals surface area contributed by atoms with Crippen molar-refractivity contribution in [1.82, 2.24) is 0 Å². The van der Waals surface area contributed by atoms with Crippen molar-refractivity contribution in [2.45, 2.75) is 24.3 Å². The number of nitrogens with one attached hydrogen (secondary N) is 1. The molecule has 3 aromatic carbocycles. The molecular weight excluding hydrogens is 410 g/mol. The number of hydrogen-bond acceptors (Lipinski definition) is 3. The Balaban J connectivity index is 1.67. The van der Waals surface area contributed by atoms with Crippen molar-refractivity contribution in [1.29, 1.82) is 0 Å². The number of carbonyl (C=O) groups is 1. The van der Waals surface area contributed by atoms with E-state index < -0.39 is 33.3 Å². The molecule has 0 radical (unpaired) electrons. The minimum absolute atomic E-state index is 0.0288. The number of hydrogen-bond donors (Lipinski definition) is 1. The van der Waals surface area contributed by atoms with Crippen LogP contribution in [0.3, 0.4) is 0 Å². The van der Waals surface area contributed by atoms with E-state index in [9.17, 15) is 22.0 Å². The Labute approximate surface area is 173 Å². The summed E-state index contributed by atoms with van der Waals surface area (Å²) < 4.78 is 55.6. The first-order valence-electron chi connectivity index (χ1n) is 9.27. The molecule has 0 saturated heterocycles. The summed E-state index contributed by atoms with van der Waals surface area (Å²) in [6.07, 6.45) is 0.585. The van der Waals surface area contributed by atoms with Crippen molar-refractivity contribution in [3.63, 3.8) is 0 Å². The summed E-state index contributed by atoms with van der Waals surface area (Å²) in [6, 6.07) is 15.6. The Morgan fingerprint density at radius 2 is 1.67 bits per heavy atom. The van der Waals surface area contributed by atoms with Gasteiger partial charge in [0, 0.05) is 11.6 Å². The predicted molar refractivity (Wildman–Crippen MR) is 110 cm³/mol. The average Bonchev–Trinajstić information content (AvgIpc) is 3.07. The first-order chi connectivity index (χ1) is 14.3. The molecule has 1 N–H and O–H groups in total. The molecule has 1 aliphatic rings. The van der Waals surface area contributed by atoms with E-state index in [1.165, 1.54) is 34.6 Å². The van der Waals surface area contributed by atoms with Crippen molar-refractivity contribution in [2.75, 3.05) is 9.62 Å². The van der Waals surface area contributed by atoms with Crippen molar-refractivity contribution in [3.05, 3.63) is 89.5 Å². The first-order valence-corrected chi connectivity index (χ1v) is 10.7. The van der Waals surface area contributed by atoms with Crippen LogP contribution in [0.25, 0.3) is 0 Å². The highest BCUT2D eigenvalue weighted by Gasteiger charge is 2.36. The van der Waals surface area contributed by atoms with E-state index in [1.807, 2.05) is 19.1 Å². The van der Waals surface area contributed by atoms with Gasteiger partial charge in [0.2, 0.25) is 0 Å². The molecule has 4 rings (SSSR count). The quantitative estimate of drug-likeness (QED) is 0.672. The highest BCUT2D eigenvalue weighted by Crippen LogP contribution is 2.36. The number of amides is 1. The van der Waals surface area contributed by atoms with Crippen LogP contribution in [0.1, 0.15) is 22.8 Å². The van der Waals surface area contributed by atoms with Gasteiger partial charge in [-0.3, -0.25) is 9.10 Å². The second-order valence-corrected chi connectivity index (χ2v) is 8.88. The molecule has 0 aliphatic carbocycles. The van der Waals surface area contributed by atoms with Gasteiger partial charge in [-0.05, 0) is 55.3 Å². The number of halogens is 2. The first kappa shape index (κ1) is 20.0. The number of rotatable bonds is 4. The van der Waals surface area contributed by atoms with E-state index in [0.717, 1.165) is 17.7 Å². The maximum atomic E-state index is 13.8. The lowest BCUT2D eigenvalue weighted by atomic mass is 10.1. The fourth-order valence-electron chi connectivity index (χ4n) is 3.62. The molecule has 1 amide bonds. The van der Waals surface area contributed by atoms with Gasteiger partial charge >= 0.3 is 0 Å². The lowest BCUT2D eigenvalue weighted by molar-refractivity contribution is 0.102. The molecule has 0 spiro atoms. The van der Waals surface area contributed by atoms with Crippen LogP contribution >= 0.6 is 0 Å². The van der Waals surface area contributed by atoms with Crippen molar-refractivity contribution in [2.24, 2.45) is 0 Å². The second kappa shape index (κ2) is 7.53. The molecule has 5 nitrogen and oxygen atoms in total. The Morgan fingerprint density at radius 3 is 2.40 bits per heavy atom. The fourth-order valence-corrected chi connectivity index (χ4v) is 5.36. The number of anilines is 2. The molecule has 30 heavy (non-hydrogen) atoms. The zero-order chi connectivity index (χ0) is 21.5. The molecule has 154 valence electrons. The number of benzene rings is 3. The smallest absolute Gasteiger partial charge is 0.264 e. The van der Waals surface area contributed by atoms with Gasteiger partial charge < -0.3 is 5.32 Å². The van der Waals surface area contributed by atoms with E-state index in [0.29, 0.717) is 12.1 Å². The molecule has 0 bridgehead atoms. The zero-order valence-electron chi connectivity index (χ0n) is 16.0. The van der Waals surface area contributed by atoms with Crippen LogP contribution in [-0.2, 0) is 16.4 Å². The van der Waals surface area contributed by atoms with E-state index in [1.54, 1.807) is 12.1 Å². The number of para-hydroxylation sites is 2. The number of sulfonamides is 1. The highest BCUT2D eigenvalue weighted by molar-refractivity contribution is 7.92. The summed E-state index contributed by atoms with van der Waals surface area (Å²) in [7, 11) is -3.94. The fraction of sp³-hybridized carbons (Fsp3) is 0.136. The van der Waals surface area contributed by atoms with Gasteiger partial charge in [0.05, 0.1) is 10.6 Å². The largest absolute Gasteiger partial charge is 0.317 e. The third kappa shape index (κ3) is 3.43. The van der Waals surface area contributed by atoms with Gasteiger partial charge in [-0.2, -0.15) is 0 Å². The predicted octanol–water partition coefficient (Wildman–Crippen LogP) is 4.36. The van der Waals surface area contributed by atoms with E-state index in [2.05, 4.69) is 5.32 Å². The minimum atomic E-state index is -3.94. The lowest BCUT2D eigenvalue weighted by Crippen LogP contribution is -2.35. The number of carbonyl (C=O) groups excluding carboxylic acids is 1. The van der Waals surface area contributed by atoms with Gasteiger partial charge in [0.1, 0.15) is 17.3 Å². The van der Waals surface area contributed by atoms with E-state index in [-0.39, 0.29) is 16.5 Å². The van der Waals surface area contributed by atoms with E-state index >= 15 is 0 Å². The molecular formula is C22H18F2N2O3S. The van der Waals surface area contributed by atoms with Crippen LogP contribution in [0.4, 0.5) is 20.2 Å². The summed E-state index contributed by atoms with van der Waals surface area (Å²) in [4.78, 5) is 12.5. The van der Waals surface area contributed by atoms with Crippen LogP contribution in [0.5, 0.6) is 0 Å². The molecule has 1 atom stereocenters. The standard InChI is InChI=1S/C22H18F2N2O3S/c1-14-12-15-6-2-3-11-20(15)26(14)30(28,29)17-8-4-7-16(13-17)22(27)25-21-18(23)9-5-10-19(21)24/h2-11,13-14H,12H2,1H3,(H,25,27). The molecule has 0 saturated carbocycles. The number of fused-ring (bicyclic) bond motifs is 1. The van der Waals surface area contributed by atoms with Gasteiger partial charge in [0.15, 0.2) is 0 Å². The van der Waals surface area contributed by atoms with Crippen LogP contribution in [0.2, 0.25) is 0 Å². The van der Waals surface area contributed by atoms with Gasteiger partial charge in [-0.25, -0.2) is 17.2 Å². The summed E-state index contributed by atoms with van der Waals surface area (Å²) in [6.45, 7) is 1.81. The average molecular weight is 428 g/mol.